The third kappa shape index (κ3) is 2.85. The minimum atomic E-state index is -0.162. The van der Waals surface area contributed by atoms with E-state index in [9.17, 15) is 0 Å². The summed E-state index contributed by atoms with van der Waals surface area (Å²) < 4.78 is 0. The van der Waals surface area contributed by atoms with Crippen LogP contribution in [0.2, 0.25) is 0 Å². The van der Waals surface area contributed by atoms with Crippen molar-refractivity contribution < 1.29 is 4.84 Å². The van der Waals surface area contributed by atoms with Crippen LogP contribution in [0.5, 0.6) is 0 Å². The van der Waals surface area contributed by atoms with Crippen LogP contribution in [0.25, 0.3) is 0 Å². The Morgan fingerprint density at radius 2 is 1.96 bits per heavy atom. The third-order valence-electron chi connectivity index (χ3n) is 6.09. The normalized spacial score (nSPS) is 31.3. The standard InChI is InChI=1S/C19H31N3OS/c1-17(2)12-22(23-19(17,5)6)13-9-10-15-14(11-13)20-16(24-15)18(3,4)21(7)8/h9-11,14-15H,12H2,1-8H3. The lowest BCUT2D eigenvalue weighted by Crippen LogP contribution is -2.43. The van der Waals surface area contributed by atoms with Crippen LogP contribution >= 0.6 is 11.8 Å². The van der Waals surface area contributed by atoms with Crippen molar-refractivity contribution in [3.63, 3.8) is 0 Å². The predicted molar refractivity (Wildman–Crippen MR) is 103 cm³/mol. The Morgan fingerprint density at radius 3 is 2.50 bits per heavy atom. The maximum Gasteiger partial charge on any atom is 0.0975 e. The molecular formula is C19H31N3OS. The fraction of sp³-hybridized carbons (Fsp3) is 0.737. The van der Waals surface area contributed by atoms with Crippen LogP contribution in [-0.2, 0) is 4.84 Å². The van der Waals surface area contributed by atoms with Gasteiger partial charge in [0.2, 0.25) is 0 Å². The van der Waals surface area contributed by atoms with Crippen LogP contribution in [-0.4, -0.2) is 58.1 Å². The van der Waals surface area contributed by atoms with E-state index in [0.29, 0.717) is 5.25 Å². The minimum Gasteiger partial charge on any atom is -0.298 e. The van der Waals surface area contributed by atoms with Crippen molar-refractivity contribution in [3.8, 4) is 0 Å². The van der Waals surface area contributed by atoms with Gasteiger partial charge in [-0.25, -0.2) is 0 Å². The van der Waals surface area contributed by atoms with Gasteiger partial charge in [0, 0.05) is 5.41 Å². The van der Waals surface area contributed by atoms with Gasteiger partial charge in [0.15, 0.2) is 0 Å². The number of hydrogen-bond donors (Lipinski definition) is 0. The average molecular weight is 350 g/mol. The van der Waals surface area contributed by atoms with Gasteiger partial charge in [-0.3, -0.25) is 19.8 Å². The molecule has 2 heterocycles. The summed E-state index contributed by atoms with van der Waals surface area (Å²) in [6.45, 7) is 14.3. The highest BCUT2D eigenvalue weighted by molar-refractivity contribution is 8.15. The molecule has 3 aliphatic rings. The van der Waals surface area contributed by atoms with Crippen molar-refractivity contribution >= 4 is 16.8 Å². The second kappa shape index (κ2) is 5.61. The van der Waals surface area contributed by atoms with Gasteiger partial charge < -0.3 is 0 Å². The van der Waals surface area contributed by atoms with E-state index in [-0.39, 0.29) is 22.6 Å². The minimum absolute atomic E-state index is 0.0298. The molecule has 2 aliphatic heterocycles. The number of allylic oxidation sites excluding steroid dienone is 1. The Bertz CT molecular complexity index is 600. The molecule has 0 aromatic rings. The highest BCUT2D eigenvalue weighted by Crippen LogP contribution is 2.44. The molecule has 2 unspecified atom stereocenters. The van der Waals surface area contributed by atoms with Crippen LogP contribution in [0.1, 0.15) is 41.5 Å². The maximum atomic E-state index is 6.23. The summed E-state index contributed by atoms with van der Waals surface area (Å²) in [5, 5.41) is 3.68. The van der Waals surface area contributed by atoms with Gasteiger partial charge in [-0.2, -0.15) is 0 Å². The lowest BCUT2D eigenvalue weighted by atomic mass is 9.78. The third-order valence-corrected chi connectivity index (χ3v) is 7.62. The number of nitrogens with zero attached hydrogens (tertiary/aromatic N) is 3. The monoisotopic (exact) mass is 349 g/mol. The van der Waals surface area contributed by atoms with Crippen LogP contribution in [0.4, 0.5) is 0 Å². The lowest BCUT2D eigenvalue weighted by Gasteiger charge is -2.32. The Hall–Kier alpha value is -0.780. The molecule has 0 saturated carbocycles. The number of thioether (sulfide) groups is 1. The Kier molecular flexibility index (Phi) is 4.22. The lowest BCUT2D eigenvalue weighted by molar-refractivity contribution is -0.165. The molecule has 4 nitrogen and oxygen atoms in total. The molecule has 5 heteroatoms. The van der Waals surface area contributed by atoms with Crippen molar-refractivity contribution in [1.29, 1.82) is 0 Å². The maximum absolute atomic E-state index is 6.23. The first-order valence-corrected chi connectivity index (χ1v) is 9.61. The number of fused-ring (bicyclic) bond motifs is 1. The van der Waals surface area contributed by atoms with Gasteiger partial charge in [0.25, 0.3) is 0 Å². The topological polar surface area (TPSA) is 28.1 Å². The second-order valence-electron chi connectivity index (χ2n) is 8.93. The molecule has 0 N–H and O–H groups in total. The summed E-state index contributed by atoms with van der Waals surface area (Å²) in [7, 11) is 4.23. The fourth-order valence-electron chi connectivity index (χ4n) is 2.93. The molecule has 1 fully saturated rings. The van der Waals surface area contributed by atoms with E-state index < -0.39 is 0 Å². The molecule has 24 heavy (non-hydrogen) atoms. The van der Waals surface area contributed by atoms with Gasteiger partial charge in [-0.1, -0.05) is 31.7 Å². The van der Waals surface area contributed by atoms with Gasteiger partial charge >= 0.3 is 0 Å². The summed E-state index contributed by atoms with van der Waals surface area (Å²) >= 11 is 1.89. The smallest absolute Gasteiger partial charge is 0.0975 e. The molecule has 0 aromatic carbocycles. The van der Waals surface area contributed by atoms with Gasteiger partial charge in [-0.05, 0) is 53.9 Å². The van der Waals surface area contributed by atoms with E-state index in [1.165, 1.54) is 5.04 Å². The van der Waals surface area contributed by atoms with E-state index in [2.05, 4.69) is 83.8 Å². The molecule has 0 bridgehead atoms. The van der Waals surface area contributed by atoms with Gasteiger partial charge in [0.05, 0.1) is 39.7 Å². The van der Waals surface area contributed by atoms with Crippen molar-refractivity contribution in [2.45, 2.75) is 64.0 Å². The van der Waals surface area contributed by atoms with E-state index in [4.69, 9.17) is 9.83 Å². The molecule has 134 valence electrons. The SMILES string of the molecule is CN(C)C(C)(C)C1=NC2C=C(N3CC(C)(C)C(C)(C)O3)C=CC2S1. The first-order valence-electron chi connectivity index (χ1n) is 8.73. The summed E-state index contributed by atoms with van der Waals surface area (Å²) in [4.78, 5) is 13.5. The Labute approximate surface area is 151 Å². The summed E-state index contributed by atoms with van der Waals surface area (Å²) in [5.74, 6) is 0. The van der Waals surface area contributed by atoms with E-state index >= 15 is 0 Å². The van der Waals surface area contributed by atoms with E-state index in [0.717, 1.165) is 12.2 Å². The van der Waals surface area contributed by atoms with Crippen LogP contribution in [0.3, 0.4) is 0 Å². The number of rotatable bonds is 3. The predicted octanol–water partition coefficient (Wildman–Crippen LogP) is 3.71. The first kappa shape index (κ1) is 18.0. The quantitative estimate of drug-likeness (QED) is 0.776. The zero-order valence-electron chi connectivity index (χ0n) is 16.3. The van der Waals surface area contributed by atoms with Crippen molar-refractivity contribution in [2.24, 2.45) is 10.4 Å². The van der Waals surface area contributed by atoms with Crippen LogP contribution < -0.4 is 0 Å². The van der Waals surface area contributed by atoms with Crippen LogP contribution in [0, 0.1) is 5.41 Å². The molecule has 2 atom stereocenters. The number of hydrogen-bond acceptors (Lipinski definition) is 5. The number of aliphatic imine (C=N–C) groups is 1. The fourth-order valence-corrected chi connectivity index (χ4v) is 4.28. The average Bonchev–Trinajstić information content (AvgIpc) is 2.97. The Morgan fingerprint density at radius 1 is 1.29 bits per heavy atom. The summed E-state index contributed by atoms with van der Waals surface area (Å²) in [6.07, 6.45) is 6.76. The van der Waals surface area contributed by atoms with E-state index in [1.807, 2.05) is 11.8 Å². The zero-order chi connectivity index (χ0) is 17.9. The van der Waals surface area contributed by atoms with Crippen LogP contribution in [0.15, 0.2) is 28.9 Å². The second-order valence-corrected chi connectivity index (χ2v) is 10.1. The van der Waals surface area contributed by atoms with Crippen molar-refractivity contribution in [3.05, 3.63) is 23.9 Å². The van der Waals surface area contributed by atoms with Gasteiger partial charge in [0.1, 0.15) is 0 Å². The van der Waals surface area contributed by atoms with Gasteiger partial charge in [-0.15, -0.1) is 0 Å². The highest BCUT2D eigenvalue weighted by Gasteiger charge is 2.48. The van der Waals surface area contributed by atoms with Crippen molar-refractivity contribution in [2.75, 3.05) is 20.6 Å². The van der Waals surface area contributed by atoms with E-state index in [1.54, 1.807) is 0 Å². The summed E-state index contributed by atoms with van der Waals surface area (Å²) in [5.41, 5.74) is 1.06. The summed E-state index contributed by atoms with van der Waals surface area (Å²) in [6, 6.07) is 0.208. The molecule has 0 radical (unpaired) electrons. The molecule has 1 aliphatic carbocycles. The molecule has 3 rings (SSSR count). The Balaban J connectivity index is 1.81. The molecule has 0 amide bonds. The van der Waals surface area contributed by atoms with Crippen molar-refractivity contribution in [1.82, 2.24) is 9.96 Å². The molecule has 0 spiro atoms. The highest BCUT2D eigenvalue weighted by atomic mass is 32.2. The zero-order valence-corrected chi connectivity index (χ0v) is 17.1. The first-order chi connectivity index (χ1) is 10.9. The molecule has 1 saturated heterocycles. The number of hydroxylamine groups is 2. The molecular weight excluding hydrogens is 318 g/mol. The largest absolute Gasteiger partial charge is 0.298 e. The molecule has 0 aromatic heterocycles.